The smallest absolute Gasteiger partial charge is 0.417 e. The third-order valence-electron chi connectivity index (χ3n) is 4.57. The lowest BCUT2D eigenvalue weighted by atomic mass is 9.64. The highest BCUT2D eigenvalue weighted by Crippen LogP contribution is 2.35. The van der Waals surface area contributed by atoms with E-state index in [1.807, 2.05) is 19.0 Å². The lowest BCUT2D eigenvalue weighted by Gasteiger charge is -2.16. The minimum absolute atomic E-state index is 0.0583. The van der Waals surface area contributed by atoms with E-state index in [9.17, 15) is 18.0 Å². The lowest BCUT2D eigenvalue weighted by molar-refractivity contribution is -0.138. The number of carbonyl (C=O) groups is 1. The van der Waals surface area contributed by atoms with Gasteiger partial charge in [-0.25, -0.2) is 0 Å². The number of ketones is 1. The molecule has 2 nitrogen and oxygen atoms in total. The molecule has 0 aliphatic carbocycles. The highest BCUT2D eigenvalue weighted by atomic mass is 19.4. The molecule has 25 heavy (non-hydrogen) atoms. The van der Waals surface area contributed by atoms with Crippen molar-refractivity contribution < 1.29 is 22.6 Å². The number of hydrogen-bond acceptors (Lipinski definition) is 2. The first-order valence-corrected chi connectivity index (χ1v) is 8.11. The number of hydrogen-bond donors (Lipinski definition) is 0. The van der Waals surface area contributed by atoms with Crippen LogP contribution in [0, 0.1) is 13.8 Å². The van der Waals surface area contributed by atoms with Crippen LogP contribution in [0.4, 0.5) is 13.2 Å². The molecule has 0 saturated carbocycles. The van der Waals surface area contributed by atoms with E-state index in [1.165, 1.54) is 19.1 Å². The third-order valence-corrected chi connectivity index (χ3v) is 4.57. The molecule has 3 rings (SSSR count). The first kappa shape index (κ1) is 17.7. The van der Waals surface area contributed by atoms with E-state index in [-0.39, 0.29) is 24.5 Å². The molecule has 0 fully saturated rings. The Morgan fingerprint density at radius 1 is 1.20 bits per heavy atom. The first-order valence-electron chi connectivity index (χ1n) is 8.11. The zero-order chi connectivity index (χ0) is 18.4. The topological polar surface area (TPSA) is 26.3 Å². The van der Waals surface area contributed by atoms with Crippen molar-refractivity contribution in [2.24, 2.45) is 0 Å². The number of halogens is 3. The fourth-order valence-electron chi connectivity index (χ4n) is 3.41. The van der Waals surface area contributed by atoms with Gasteiger partial charge in [-0.1, -0.05) is 36.7 Å². The molecular formula is C19H18BF3O2. The zero-order valence-corrected chi connectivity index (χ0v) is 14.3. The maximum Gasteiger partial charge on any atom is 0.417 e. The van der Waals surface area contributed by atoms with Crippen LogP contribution in [-0.2, 0) is 23.9 Å². The second-order valence-corrected chi connectivity index (χ2v) is 6.59. The number of fused-ring (bicyclic) bond motifs is 1. The molecule has 0 bridgehead atoms. The van der Waals surface area contributed by atoms with Crippen LogP contribution in [0.2, 0.25) is 6.82 Å². The van der Waals surface area contributed by atoms with Crippen molar-refractivity contribution in [2.75, 3.05) is 0 Å². The predicted octanol–water partition coefficient (Wildman–Crippen LogP) is 4.11. The first-order chi connectivity index (χ1) is 11.7. The predicted molar refractivity (Wildman–Crippen MR) is 91.4 cm³/mol. The van der Waals surface area contributed by atoms with Crippen molar-refractivity contribution in [1.82, 2.24) is 0 Å². The largest absolute Gasteiger partial charge is 0.427 e. The average Bonchev–Trinajstić information content (AvgIpc) is 2.86. The molecule has 0 saturated heterocycles. The van der Waals surface area contributed by atoms with Crippen molar-refractivity contribution in [1.29, 1.82) is 0 Å². The fraction of sp³-hybridized carbons (Fsp3) is 0.316. The van der Waals surface area contributed by atoms with Gasteiger partial charge < -0.3 is 4.65 Å². The van der Waals surface area contributed by atoms with Crippen LogP contribution in [0.25, 0.3) is 0 Å². The molecule has 1 aliphatic heterocycles. The quantitative estimate of drug-likeness (QED) is 0.618. The monoisotopic (exact) mass is 346 g/mol. The van der Waals surface area contributed by atoms with Gasteiger partial charge in [-0.15, -0.1) is 0 Å². The van der Waals surface area contributed by atoms with Crippen LogP contribution in [0.5, 0.6) is 0 Å². The standard InChI is InChI=1S/C19H18BF3O2/c1-11-6-12(2)18(19(21,22)23)15(7-11)17(24)9-13-4-5-14-10-25-20(3)16(14)8-13/h4-8H,9-10H2,1-3H3. The summed E-state index contributed by atoms with van der Waals surface area (Å²) in [7, 11) is 0. The third kappa shape index (κ3) is 3.49. The van der Waals surface area contributed by atoms with Gasteiger partial charge in [0.2, 0.25) is 0 Å². The highest BCUT2D eigenvalue weighted by molar-refractivity contribution is 6.67. The highest BCUT2D eigenvalue weighted by Gasteiger charge is 2.37. The van der Waals surface area contributed by atoms with Crippen molar-refractivity contribution in [3.8, 4) is 0 Å². The molecule has 1 aliphatic rings. The Kier molecular flexibility index (Phi) is 4.50. The number of rotatable bonds is 3. The van der Waals surface area contributed by atoms with Crippen molar-refractivity contribution >= 4 is 18.2 Å². The molecule has 130 valence electrons. The minimum Gasteiger partial charge on any atom is -0.427 e. The van der Waals surface area contributed by atoms with Crippen molar-refractivity contribution in [3.05, 3.63) is 63.7 Å². The summed E-state index contributed by atoms with van der Waals surface area (Å²) in [6.07, 6.45) is -4.62. The molecular weight excluding hydrogens is 328 g/mol. The Morgan fingerprint density at radius 3 is 2.60 bits per heavy atom. The van der Waals surface area contributed by atoms with Gasteiger partial charge in [0.15, 0.2) is 5.78 Å². The molecule has 1 heterocycles. The number of alkyl halides is 3. The van der Waals surface area contributed by atoms with Gasteiger partial charge in [-0.05, 0) is 42.1 Å². The van der Waals surface area contributed by atoms with Gasteiger partial charge in [-0.2, -0.15) is 13.2 Å². The summed E-state index contributed by atoms with van der Waals surface area (Å²) in [6, 6.07) is 8.31. The zero-order valence-electron chi connectivity index (χ0n) is 14.3. The summed E-state index contributed by atoms with van der Waals surface area (Å²) in [4.78, 5) is 12.6. The summed E-state index contributed by atoms with van der Waals surface area (Å²) >= 11 is 0. The van der Waals surface area contributed by atoms with E-state index in [0.717, 1.165) is 11.0 Å². The average molecular weight is 346 g/mol. The molecule has 0 amide bonds. The molecule has 0 atom stereocenters. The Bertz CT molecular complexity index is 843. The second-order valence-electron chi connectivity index (χ2n) is 6.59. The Labute approximate surface area is 145 Å². The molecule has 2 aromatic rings. The lowest BCUT2D eigenvalue weighted by Crippen LogP contribution is -2.25. The van der Waals surface area contributed by atoms with Gasteiger partial charge in [0.05, 0.1) is 12.2 Å². The van der Waals surface area contributed by atoms with Crippen LogP contribution in [-0.4, -0.2) is 12.7 Å². The summed E-state index contributed by atoms with van der Waals surface area (Å²) in [5, 5.41) is 0. The van der Waals surface area contributed by atoms with Crippen molar-refractivity contribution in [3.63, 3.8) is 0 Å². The van der Waals surface area contributed by atoms with Gasteiger partial charge in [0, 0.05) is 12.0 Å². The van der Waals surface area contributed by atoms with Gasteiger partial charge in [-0.3, -0.25) is 4.79 Å². The molecule has 2 aromatic carbocycles. The van der Waals surface area contributed by atoms with E-state index in [1.54, 1.807) is 13.0 Å². The van der Waals surface area contributed by atoms with Gasteiger partial charge in [0.1, 0.15) is 0 Å². The maximum absolute atomic E-state index is 13.4. The van der Waals surface area contributed by atoms with Crippen LogP contribution in [0.15, 0.2) is 30.3 Å². The number of Topliss-reactive ketones (excluding diaryl/α,β-unsaturated/α-hetero) is 1. The molecule has 0 spiro atoms. The SMILES string of the molecule is CB1OCc2ccc(CC(=O)c3cc(C)cc(C)c3C(F)(F)F)cc21. The maximum atomic E-state index is 13.4. The van der Waals surface area contributed by atoms with Crippen LogP contribution < -0.4 is 5.46 Å². The van der Waals surface area contributed by atoms with E-state index in [4.69, 9.17) is 4.65 Å². The normalized spacial score (nSPS) is 13.9. The van der Waals surface area contributed by atoms with E-state index in [0.29, 0.717) is 17.7 Å². The summed E-state index contributed by atoms with van der Waals surface area (Å²) in [6.45, 7) is 5.47. The van der Waals surface area contributed by atoms with Crippen LogP contribution in [0.1, 0.15) is 38.2 Å². The van der Waals surface area contributed by atoms with Crippen molar-refractivity contribution in [2.45, 2.75) is 39.9 Å². The van der Waals surface area contributed by atoms with Crippen LogP contribution >= 0.6 is 0 Å². The minimum atomic E-state index is -4.55. The summed E-state index contributed by atoms with van der Waals surface area (Å²) < 4.78 is 45.7. The van der Waals surface area contributed by atoms with Gasteiger partial charge in [0.25, 0.3) is 0 Å². The van der Waals surface area contributed by atoms with E-state index < -0.39 is 17.5 Å². The Balaban J connectivity index is 1.96. The molecule has 0 aromatic heterocycles. The fourth-order valence-corrected chi connectivity index (χ4v) is 3.41. The number of aryl methyl sites for hydroxylation is 2. The molecule has 0 radical (unpaired) electrons. The Morgan fingerprint density at radius 2 is 1.92 bits per heavy atom. The number of carbonyl (C=O) groups excluding carboxylic acids is 1. The molecule has 0 unspecified atom stereocenters. The van der Waals surface area contributed by atoms with Gasteiger partial charge >= 0.3 is 13.1 Å². The summed E-state index contributed by atoms with van der Waals surface area (Å²) in [5.41, 5.74) is 2.40. The van der Waals surface area contributed by atoms with E-state index >= 15 is 0 Å². The second kappa shape index (κ2) is 6.34. The van der Waals surface area contributed by atoms with E-state index in [2.05, 4.69) is 0 Å². The molecule has 6 heteroatoms. The summed E-state index contributed by atoms with van der Waals surface area (Å²) in [5.74, 6) is -0.523. The van der Waals surface area contributed by atoms with Crippen LogP contribution in [0.3, 0.4) is 0 Å². The molecule has 0 N–H and O–H groups in total. The number of benzene rings is 2. The Hall–Kier alpha value is -2.08.